The van der Waals surface area contributed by atoms with Crippen LogP contribution >= 0.6 is 11.8 Å². The first-order valence-electron chi connectivity index (χ1n) is 4.91. The molecule has 0 unspecified atom stereocenters. The van der Waals surface area contributed by atoms with Crippen molar-refractivity contribution in [1.82, 2.24) is 9.97 Å². The molecule has 1 rings (SSSR count). The molecule has 0 aromatic carbocycles. The predicted molar refractivity (Wildman–Crippen MR) is 61.9 cm³/mol. The van der Waals surface area contributed by atoms with Gasteiger partial charge in [-0.25, -0.2) is 4.98 Å². The van der Waals surface area contributed by atoms with Gasteiger partial charge in [0.15, 0.2) is 5.16 Å². The second-order valence-corrected chi connectivity index (χ2v) is 5.06. The third kappa shape index (κ3) is 3.37. The smallest absolute Gasteiger partial charge is 0.316 e. The second-order valence-electron chi connectivity index (χ2n) is 3.73. The first kappa shape index (κ1) is 12.8. The molecule has 0 aliphatic carbocycles. The van der Waals surface area contributed by atoms with Crippen LogP contribution in [0.25, 0.3) is 0 Å². The van der Waals surface area contributed by atoms with E-state index in [0.29, 0.717) is 10.9 Å². The Morgan fingerprint density at radius 1 is 1.50 bits per heavy atom. The number of rotatable bonds is 4. The lowest BCUT2D eigenvalue weighted by molar-refractivity contribution is -0.136. The monoisotopic (exact) mass is 242 g/mol. The summed E-state index contributed by atoms with van der Waals surface area (Å²) in [5.41, 5.74) is 0.419. The third-order valence-corrected chi connectivity index (χ3v) is 2.94. The van der Waals surface area contributed by atoms with E-state index in [2.05, 4.69) is 9.97 Å². The van der Waals surface area contributed by atoms with Crippen molar-refractivity contribution in [2.24, 2.45) is 0 Å². The van der Waals surface area contributed by atoms with Gasteiger partial charge < -0.3 is 10.1 Å². The maximum absolute atomic E-state index is 11.3. The highest BCUT2D eigenvalue weighted by molar-refractivity contribution is 8.00. The number of carbonyl (C=O) groups is 1. The summed E-state index contributed by atoms with van der Waals surface area (Å²) in [6.07, 6.45) is 0. The number of thioether (sulfide) groups is 1. The lowest BCUT2D eigenvalue weighted by Crippen LogP contribution is -2.15. The van der Waals surface area contributed by atoms with Gasteiger partial charge in [-0.2, -0.15) is 0 Å². The molecule has 0 amide bonds. The fourth-order valence-electron chi connectivity index (χ4n) is 1.02. The molecule has 1 aromatic rings. The van der Waals surface area contributed by atoms with Crippen molar-refractivity contribution >= 4 is 17.7 Å². The summed E-state index contributed by atoms with van der Waals surface area (Å²) in [5, 5.41) is 8.47. The molecule has 0 aliphatic rings. The maximum atomic E-state index is 11.3. The van der Waals surface area contributed by atoms with Crippen LogP contribution in [0.4, 0.5) is 0 Å². The summed E-state index contributed by atoms with van der Waals surface area (Å²) in [4.78, 5) is 28.7. The number of aromatic amines is 1. The zero-order valence-corrected chi connectivity index (χ0v) is 10.2. The largest absolute Gasteiger partial charge is 0.480 e. The fourth-order valence-corrected chi connectivity index (χ4v) is 1.78. The van der Waals surface area contributed by atoms with E-state index in [1.54, 1.807) is 6.92 Å². The Hall–Kier alpha value is -1.30. The van der Waals surface area contributed by atoms with Gasteiger partial charge in [0.2, 0.25) is 0 Å². The number of nitrogens with zero attached hydrogens (tertiary/aromatic N) is 1. The zero-order valence-electron chi connectivity index (χ0n) is 9.35. The standard InChI is InChI=1S/C10H14N2O3S/c1-5(2)7-4-8(13)12-10(11-7)16-6(3)9(14)15/h4-6H,1-3H3,(H,14,15)(H,11,12,13)/t6-/m1/s1. The van der Waals surface area contributed by atoms with Crippen molar-refractivity contribution in [2.75, 3.05) is 0 Å². The summed E-state index contributed by atoms with van der Waals surface area (Å²) in [6.45, 7) is 5.41. The molecule has 1 atom stereocenters. The molecular formula is C10H14N2O3S. The minimum Gasteiger partial charge on any atom is -0.480 e. The van der Waals surface area contributed by atoms with Crippen LogP contribution in [-0.4, -0.2) is 26.3 Å². The van der Waals surface area contributed by atoms with Crippen LogP contribution in [0.2, 0.25) is 0 Å². The maximum Gasteiger partial charge on any atom is 0.316 e. The van der Waals surface area contributed by atoms with E-state index in [-0.39, 0.29) is 11.5 Å². The third-order valence-electron chi connectivity index (χ3n) is 1.97. The van der Waals surface area contributed by atoms with Gasteiger partial charge in [-0.05, 0) is 12.8 Å². The Balaban J connectivity index is 2.97. The van der Waals surface area contributed by atoms with Crippen molar-refractivity contribution in [3.63, 3.8) is 0 Å². The number of hydrogen-bond acceptors (Lipinski definition) is 4. The number of hydrogen-bond donors (Lipinski definition) is 2. The van der Waals surface area contributed by atoms with Gasteiger partial charge in [0.1, 0.15) is 5.25 Å². The molecule has 6 heteroatoms. The topological polar surface area (TPSA) is 83.0 Å². The van der Waals surface area contributed by atoms with Gasteiger partial charge in [0.25, 0.3) is 5.56 Å². The van der Waals surface area contributed by atoms with Crippen molar-refractivity contribution in [3.05, 3.63) is 22.1 Å². The van der Waals surface area contributed by atoms with E-state index in [4.69, 9.17) is 5.11 Å². The molecule has 0 spiro atoms. The van der Waals surface area contributed by atoms with Gasteiger partial charge >= 0.3 is 5.97 Å². The number of H-pyrrole nitrogens is 1. The lowest BCUT2D eigenvalue weighted by Gasteiger charge is -2.08. The minimum absolute atomic E-state index is 0.141. The average molecular weight is 242 g/mol. The number of nitrogens with one attached hydrogen (secondary N) is 1. The molecule has 0 radical (unpaired) electrons. The van der Waals surface area contributed by atoms with Gasteiger partial charge in [0, 0.05) is 6.07 Å². The molecule has 16 heavy (non-hydrogen) atoms. The Morgan fingerprint density at radius 2 is 2.12 bits per heavy atom. The first-order valence-corrected chi connectivity index (χ1v) is 5.79. The van der Waals surface area contributed by atoms with Gasteiger partial charge in [-0.3, -0.25) is 9.59 Å². The average Bonchev–Trinajstić information content (AvgIpc) is 2.16. The number of aromatic nitrogens is 2. The molecule has 0 aliphatic heterocycles. The summed E-state index contributed by atoms with van der Waals surface area (Å²) < 4.78 is 0. The van der Waals surface area contributed by atoms with E-state index in [1.807, 2.05) is 13.8 Å². The number of aliphatic carboxylic acids is 1. The van der Waals surface area contributed by atoms with E-state index < -0.39 is 11.2 Å². The summed E-state index contributed by atoms with van der Waals surface area (Å²) in [5.74, 6) is -0.788. The van der Waals surface area contributed by atoms with Crippen LogP contribution in [0.5, 0.6) is 0 Å². The zero-order chi connectivity index (χ0) is 12.3. The Labute approximate surface area is 97.3 Å². The lowest BCUT2D eigenvalue weighted by atomic mass is 10.1. The molecular weight excluding hydrogens is 228 g/mol. The van der Waals surface area contributed by atoms with E-state index >= 15 is 0 Å². The van der Waals surface area contributed by atoms with E-state index in [9.17, 15) is 9.59 Å². The Kier molecular flexibility index (Phi) is 4.12. The molecule has 5 nitrogen and oxygen atoms in total. The number of carboxylic acids is 1. The van der Waals surface area contributed by atoms with Crippen molar-refractivity contribution in [1.29, 1.82) is 0 Å². The highest BCUT2D eigenvalue weighted by atomic mass is 32.2. The van der Waals surface area contributed by atoms with E-state index in [1.165, 1.54) is 6.07 Å². The van der Waals surface area contributed by atoms with Gasteiger partial charge in [-0.15, -0.1) is 0 Å². The van der Waals surface area contributed by atoms with Crippen LogP contribution in [0, 0.1) is 0 Å². The van der Waals surface area contributed by atoms with Gasteiger partial charge in [0.05, 0.1) is 5.69 Å². The normalized spacial score (nSPS) is 12.8. The highest BCUT2D eigenvalue weighted by Gasteiger charge is 2.15. The minimum atomic E-state index is -0.928. The van der Waals surface area contributed by atoms with Crippen molar-refractivity contribution in [3.8, 4) is 0 Å². The quantitative estimate of drug-likeness (QED) is 0.617. The van der Waals surface area contributed by atoms with Gasteiger partial charge in [-0.1, -0.05) is 25.6 Å². The summed E-state index contributed by atoms with van der Waals surface area (Å²) in [6, 6.07) is 1.43. The predicted octanol–water partition coefficient (Wildman–Crippen LogP) is 1.46. The first-order chi connectivity index (χ1) is 7.40. The molecule has 1 heterocycles. The summed E-state index contributed by atoms with van der Waals surface area (Å²) in [7, 11) is 0. The van der Waals surface area contributed by atoms with Crippen LogP contribution in [0.1, 0.15) is 32.4 Å². The Bertz CT molecular complexity index is 442. The fraction of sp³-hybridized carbons (Fsp3) is 0.500. The van der Waals surface area contributed by atoms with Crippen LogP contribution < -0.4 is 5.56 Å². The van der Waals surface area contributed by atoms with Crippen molar-refractivity contribution < 1.29 is 9.90 Å². The molecule has 1 aromatic heterocycles. The molecule has 0 bridgehead atoms. The SMILES string of the molecule is CC(C)c1cc(=O)[nH]c(S[C@H](C)C(=O)O)n1. The van der Waals surface area contributed by atoms with Crippen LogP contribution in [0.3, 0.4) is 0 Å². The summed E-state index contributed by atoms with van der Waals surface area (Å²) >= 11 is 1.03. The van der Waals surface area contributed by atoms with Crippen molar-refractivity contribution in [2.45, 2.75) is 37.1 Å². The van der Waals surface area contributed by atoms with Crippen LogP contribution in [-0.2, 0) is 4.79 Å². The molecule has 0 fully saturated rings. The molecule has 0 saturated heterocycles. The second kappa shape index (κ2) is 5.16. The molecule has 2 N–H and O–H groups in total. The Morgan fingerprint density at radius 3 is 2.62 bits per heavy atom. The molecule has 88 valence electrons. The molecule has 0 saturated carbocycles. The highest BCUT2D eigenvalue weighted by Crippen LogP contribution is 2.20. The number of carboxylic acid groups (broad SMARTS) is 1. The van der Waals surface area contributed by atoms with E-state index in [0.717, 1.165) is 11.8 Å². The van der Waals surface area contributed by atoms with Crippen LogP contribution in [0.15, 0.2) is 16.0 Å².